The molecule has 2 aromatic carbocycles. The smallest absolute Gasteiger partial charge is 0.171 e. The molecule has 2 N–H and O–H groups in total. The molecule has 2 aromatic rings. The molecule has 1 saturated carbocycles. The third-order valence-electron chi connectivity index (χ3n) is 4.86. The van der Waals surface area contributed by atoms with Gasteiger partial charge in [-0.15, -0.1) is 0 Å². The number of hydrogen-bond donors (Lipinski definition) is 2. The maximum absolute atomic E-state index is 5.64. The van der Waals surface area contributed by atoms with Crippen LogP contribution in [0.15, 0.2) is 42.5 Å². The normalized spacial score (nSPS) is 16.0. The summed E-state index contributed by atoms with van der Waals surface area (Å²) in [5.41, 5.74) is 6.17. The third kappa shape index (κ3) is 3.78. The molecule has 0 saturated heterocycles. The third-order valence-corrected chi connectivity index (χ3v) is 5.06. The van der Waals surface area contributed by atoms with Gasteiger partial charge in [-0.2, -0.15) is 0 Å². The second kappa shape index (κ2) is 6.94. The molecule has 0 amide bonds. The monoisotopic (exact) mass is 338 g/mol. The average molecular weight is 339 g/mol. The van der Waals surface area contributed by atoms with Crippen LogP contribution in [0.25, 0.3) is 0 Å². The number of hydrogen-bond acceptors (Lipinski definition) is 1. The highest BCUT2D eigenvalue weighted by Crippen LogP contribution is 2.39. The molecule has 3 rings (SSSR count). The second-order valence-electron chi connectivity index (χ2n) is 7.11. The Morgan fingerprint density at radius 3 is 2.21 bits per heavy atom. The van der Waals surface area contributed by atoms with E-state index in [1.807, 2.05) is 0 Å². The quantitative estimate of drug-likeness (QED) is 0.736. The fourth-order valence-corrected chi connectivity index (χ4v) is 4.15. The van der Waals surface area contributed by atoms with Crippen molar-refractivity contribution in [2.45, 2.75) is 52.0 Å². The first-order valence-corrected chi connectivity index (χ1v) is 9.12. The Bertz CT molecular complexity index is 725. The van der Waals surface area contributed by atoms with Crippen molar-refractivity contribution in [2.24, 2.45) is 0 Å². The molecule has 1 aliphatic rings. The van der Waals surface area contributed by atoms with Crippen molar-refractivity contribution in [1.29, 1.82) is 0 Å². The summed E-state index contributed by atoms with van der Waals surface area (Å²) in [4.78, 5) is 0. The molecule has 126 valence electrons. The van der Waals surface area contributed by atoms with Gasteiger partial charge in [0.25, 0.3) is 0 Å². The molecule has 1 fully saturated rings. The maximum Gasteiger partial charge on any atom is 0.171 e. The summed E-state index contributed by atoms with van der Waals surface area (Å²) in [5.74, 6) is 0. The van der Waals surface area contributed by atoms with E-state index >= 15 is 0 Å². The molecule has 0 aliphatic heterocycles. The Labute approximate surface area is 150 Å². The molecule has 0 aromatic heterocycles. The summed E-state index contributed by atoms with van der Waals surface area (Å²) >= 11 is 5.64. The average Bonchev–Trinajstić information content (AvgIpc) is 2.95. The molecular formula is C21H26N2S. The lowest BCUT2D eigenvalue weighted by atomic mass is 9.87. The second-order valence-corrected chi connectivity index (χ2v) is 7.52. The molecule has 0 unspecified atom stereocenters. The Morgan fingerprint density at radius 2 is 1.58 bits per heavy atom. The zero-order valence-electron chi connectivity index (χ0n) is 14.8. The summed E-state index contributed by atoms with van der Waals surface area (Å²) in [6.45, 7) is 6.37. The standard InChI is InChI=1S/C21H26N2S/c1-15-7-6-8-18(12-15)21(9-4-5-10-21)23-20(24)22-19-13-16(2)11-17(3)14-19/h6-8,11-14H,4-5,9-10H2,1-3H3,(H2,22,23,24). The van der Waals surface area contributed by atoms with Crippen molar-refractivity contribution in [3.8, 4) is 0 Å². The van der Waals surface area contributed by atoms with E-state index in [1.54, 1.807) is 0 Å². The summed E-state index contributed by atoms with van der Waals surface area (Å²) in [5, 5.41) is 7.74. The first-order chi connectivity index (χ1) is 11.5. The molecule has 0 spiro atoms. The van der Waals surface area contributed by atoms with Gasteiger partial charge in [0.1, 0.15) is 0 Å². The maximum atomic E-state index is 5.64. The van der Waals surface area contributed by atoms with E-state index in [1.165, 1.54) is 35.1 Å². The molecule has 3 heteroatoms. The van der Waals surface area contributed by atoms with Gasteiger partial charge in [0.05, 0.1) is 5.54 Å². The first kappa shape index (κ1) is 17.0. The van der Waals surface area contributed by atoms with Crippen molar-refractivity contribution >= 4 is 23.0 Å². The summed E-state index contributed by atoms with van der Waals surface area (Å²) in [6.07, 6.45) is 4.75. The lowest BCUT2D eigenvalue weighted by molar-refractivity contribution is 0.408. The molecule has 2 nitrogen and oxygen atoms in total. The molecule has 0 heterocycles. The van der Waals surface area contributed by atoms with E-state index in [4.69, 9.17) is 12.2 Å². The number of anilines is 1. The van der Waals surface area contributed by atoms with Crippen molar-refractivity contribution in [3.05, 3.63) is 64.7 Å². The minimum absolute atomic E-state index is 0.0328. The first-order valence-electron chi connectivity index (χ1n) is 8.71. The van der Waals surface area contributed by atoms with Crippen LogP contribution >= 0.6 is 12.2 Å². The van der Waals surface area contributed by atoms with Gasteiger partial charge >= 0.3 is 0 Å². The number of thiocarbonyl (C=S) groups is 1. The van der Waals surface area contributed by atoms with Gasteiger partial charge in [-0.05, 0) is 74.7 Å². The van der Waals surface area contributed by atoms with E-state index in [2.05, 4.69) is 73.9 Å². The van der Waals surface area contributed by atoms with E-state index in [9.17, 15) is 0 Å². The fourth-order valence-electron chi connectivity index (χ4n) is 3.83. The predicted octanol–water partition coefficient (Wildman–Crippen LogP) is 5.37. The van der Waals surface area contributed by atoms with Gasteiger partial charge in [-0.1, -0.05) is 48.7 Å². The highest BCUT2D eigenvalue weighted by molar-refractivity contribution is 7.80. The van der Waals surface area contributed by atoms with Crippen molar-refractivity contribution in [3.63, 3.8) is 0 Å². The minimum Gasteiger partial charge on any atom is -0.353 e. The van der Waals surface area contributed by atoms with Crippen LogP contribution in [0.2, 0.25) is 0 Å². The van der Waals surface area contributed by atoms with E-state index in [0.717, 1.165) is 18.5 Å². The van der Waals surface area contributed by atoms with Crippen molar-refractivity contribution < 1.29 is 0 Å². The van der Waals surface area contributed by atoms with E-state index < -0.39 is 0 Å². The van der Waals surface area contributed by atoms with Crippen LogP contribution in [0.4, 0.5) is 5.69 Å². The van der Waals surface area contributed by atoms with Crippen LogP contribution in [-0.4, -0.2) is 5.11 Å². The minimum atomic E-state index is -0.0328. The highest BCUT2D eigenvalue weighted by atomic mass is 32.1. The lowest BCUT2D eigenvalue weighted by Gasteiger charge is -2.33. The summed E-state index contributed by atoms with van der Waals surface area (Å²) < 4.78 is 0. The Kier molecular flexibility index (Phi) is 4.91. The molecule has 0 bridgehead atoms. The zero-order valence-corrected chi connectivity index (χ0v) is 15.6. The van der Waals surface area contributed by atoms with Crippen LogP contribution in [0, 0.1) is 20.8 Å². The number of rotatable bonds is 3. The van der Waals surface area contributed by atoms with Gasteiger partial charge in [0.2, 0.25) is 0 Å². The molecule has 24 heavy (non-hydrogen) atoms. The topological polar surface area (TPSA) is 24.1 Å². The van der Waals surface area contributed by atoms with Gasteiger partial charge in [0.15, 0.2) is 5.11 Å². The summed E-state index contributed by atoms with van der Waals surface area (Å²) in [6, 6.07) is 15.3. The van der Waals surface area contributed by atoms with Crippen molar-refractivity contribution in [2.75, 3.05) is 5.32 Å². The van der Waals surface area contributed by atoms with Gasteiger partial charge in [-0.3, -0.25) is 0 Å². The number of nitrogens with one attached hydrogen (secondary N) is 2. The van der Waals surface area contributed by atoms with E-state index in [-0.39, 0.29) is 5.54 Å². The van der Waals surface area contributed by atoms with E-state index in [0.29, 0.717) is 5.11 Å². The molecule has 1 aliphatic carbocycles. The van der Waals surface area contributed by atoms with Gasteiger partial charge in [0, 0.05) is 5.69 Å². The van der Waals surface area contributed by atoms with Crippen LogP contribution < -0.4 is 10.6 Å². The number of aryl methyl sites for hydroxylation is 3. The fraction of sp³-hybridized carbons (Fsp3) is 0.381. The lowest BCUT2D eigenvalue weighted by Crippen LogP contribution is -2.45. The highest BCUT2D eigenvalue weighted by Gasteiger charge is 2.36. The van der Waals surface area contributed by atoms with Crippen LogP contribution in [-0.2, 0) is 5.54 Å². The SMILES string of the molecule is Cc1cc(C)cc(NC(=S)NC2(c3cccc(C)c3)CCCC2)c1. The largest absolute Gasteiger partial charge is 0.353 e. The Balaban J connectivity index is 1.79. The predicted molar refractivity (Wildman–Crippen MR) is 107 cm³/mol. The van der Waals surface area contributed by atoms with Crippen molar-refractivity contribution in [1.82, 2.24) is 5.32 Å². The summed E-state index contributed by atoms with van der Waals surface area (Å²) in [7, 11) is 0. The van der Waals surface area contributed by atoms with Gasteiger partial charge < -0.3 is 10.6 Å². The number of benzene rings is 2. The molecular weight excluding hydrogens is 312 g/mol. The zero-order chi connectivity index (χ0) is 17.2. The van der Waals surface area contributed by atoms with Gasteiger partial charge in [-0.25, -0.2) is 0 Å². The Hall–Kier alpha value is -1.87. The van der Waals surface area contributed by atoms with Crippen LogP contribution in [0.5, 0.6) is 0 Å². The Morgan fingerprint density at radius 1 is 0.917 bits per heavy atom. The molecule has 0 radical (unpaired) electrons. The van der Waals surface area contributed by atoms with Crippen LogP contribution in [0.1, 0.15) is 47.9 Å². The molecule has 0 atom stereocenters. The van der Waals surface area contributed by atoms with Crippen LogP contribution in [0.3, 0.4) is 0 Å².